The first-order chi connectivity index (χ1) is 21.3. The maximum atomic E-state index is 16.1. The van der Waals surface area contributed by atoms with Gasteiger partial charge < -0.3 is 9.80 Å². The third-order valence-corrected chi connectivity index (χ3v) is 9.37. The molecule has 2 aromatic carbocycles. The second-order valence-electron chi connectivity index (χ2n) is 11.2. The highest BCUT2D eigenvalue weighted by Crippen LogP contribution is 2.37. The Bertz CT molecular complexity index is 2090. The average molecular weight is 649 g/mol. The van der Waals surface area contributed by atoms with Crippen LogP contribution < -0.4 is 10.6 Å². The van der Waals surface area contributed by atoms with Crippen molar-refractivity contribution < 1.29 is 17.6 Å². The number of amides is 1. The molecule has 1 saturated heterocycles. The zero-order valence-electron chi connectivity index (χ0n) is 25.1. The molecular weight excluding hydrogens is 619 g/mol. The van der Waals surface area contributed by atoms with Gasteiger partial charge in [0.25, 0.3) is 0 Å². The van der Waals surface area contributed by atoms with E-state index in [9.17, 15) is 23.3 Å². The summed E-state index contributed by atoms with van der Waals surface area (Å²) < 4.78 is 43.3. The minimum absolute atomic E-state index is 0.0232. The van der Waals surface area contributed by atoms with Gasteiger partial charge in [0.15, 0.2) is 15.5 Å². The number of para-hydroxylation sites is 1. The van der Waals surface area contributed by atoms with E-state index in [1.54, 1.807) is 21.9 Å². The van der Waals surface area contributed by atoms with E-state index in [-0.39, 0.29) is 73.7 Å². The first-order valence-corrected chi connectivity index (χ1v) is 16.4. The quantitative estimate of drug-likeness (QED) is 0.271. The molecule has 2 aromatic heterocycles. The Morgan fingerprint density at radius 2 is 1.91 bits per heavy atom. The van der Waals surface area contributed by atoms with E-state index < -0.39 is 21.3 Å². The standard InChI is InChI=1S/C32H30ClFN6O4S/c1-6-26(41)38-13-14-39(19(4)17-38)30-23-15-24(34)28(22-11-7-9-20(16-35)27(22)33)36-31(23)40(32(42)37-30)29-21(18(2)3)10-8-12-25(29)45(5,43)44/h6-12,15,18-19H,1,13-14,17H2,2-5H3/t19-/m0/s1. The fourth-order valence-electron chi connectivity index (χ4n) is 5.66. The first-order valence-electron chi connectivity index (χ1n) is 14.1. The third kappa shape index (κ3) is 5.69. The number of carbonyl (C=O) groups excluding carboxylic acids is 1. The largest absolute Gasteiger partial charge is 0.355 e. The van der Waals surface area contributed by atoms with Crippen molar-refractivity contribution in [2.75, 3.05) is 30.8 Å². The third-order valence-electron chi connectivity index (χ3n) is 7.84. The fourth-order valence-corrected chi connectivity index (χ4v) is 6.81. The summed E-state index contributed by atoms with van der Waals surface area (Å²) in [5.74, 6) is -1.11. The van der Waals surface area contributed by atoms with Crippen LogP contribution in [0.5, 0.6) is 0 Å². The lowest BCUT2D eigenvalue weighted by atomic mass is 10.0. The number of benzene rings is 2. The smallest absolute Gasteiger partial charge is 0.350 e. The van der Waals surface area contributed by atoms with Crippen molar-refractivity contribution in [3.8, 4) is 23.0 Å². The molecule has 13 heteroatoms. The highest BCUT2D eigenvalue weighted by atomic mass is 35.5. The zero-order valence-corrected chi connectivity index (χ0v) is 26.7. The van der Waals surface area contributed by atoms with Crippen LogP contribution in [0.1, 0.15) is 37.8 Å². The van der Waals surface area contributed by atoms with Gasteiger partial charge in [0, 0.05) is 37.5 Å². The predicted molar refractivity (Wildman–Crippen MR) is 171 cm³/mol. The van der Waals surface area contributed by atoms with E-state index in [4.69, 9.17) is 11.6 Å². The van der Waals surface area contributed by atoms with Crippen LogP contribution in [0.15, 0.2) is 64.8 Å². The number of aromatic nitrogens is 3. The van der Waals surface area contributed by atoms with Gasteiger partial charge in [-0.1, -0.05) is 56.3 Å². The van der Waals surface area contributed by atoms with Gasteiger partial charge in [-0.2, -0.15) is 10.2 Å². The summed E-state index contributed by atoms with van der Waals surface area (Å²) in [6.45, 7) is 10.0. The molecule has 0 spiro atoms. The van der Waals surface area contributed by atoms with E-state index in [0.717, 1.165) is 10.8 Å². The van der Waals surface area contributed by atoms with Crippen LogP contribution in [-0.2, 0) is 14.6 Å². The number of pyridine rings is 1. The Kier molecular flexibility index (Phi) is 8.53. The predicted octanol–water partition coefficient (Wildman–Crippen LogP) is 4.86. The monoisotopic (exact) mass is 648 g/mol. The maximum Gasteiger partial charge on any atom is 0.355 e. The molecule has 1 atom stereocenters. The van der Waals surface area contributed by atoms with Gasteiger partial charge in [0.2, 0.25) is 5.91 Å². The molecule has 1 aliphatic heterocycles. The van der Waals surface area contributed by atoms with Crippen LogP contribution in [-0.4, -0.2) is 65.7 Å². The van der Waals surface area contributed by atoms with E-state index in [2.05, 4.69) is 16.5 Å². The van der Waals surface area contributed by atoms with Crippen LogP contribution >= 0.6 is 11.6 Å². The van der Waals surface area contributed by atoms with E-state index in [0.29, 0.717) is 18.7 Å². The van der Waals surface area contributed by atoms with Crippen molar-refractivity contribution in [1.29, 1.82) is 5.26 Å². The number of nitriles is 1. The van der Waals surface area contributed by atoms with Crippen LogP contribution in [0, 0.1) is 17.1 Å². The average Bonchev–Trinajstić information content (AvgIpc) is 2.99. The molecule has 3 heterocycles. The highest BCUT2D eigenvalue weighted by molar-refractivity contribution is 7.90. The van der Waals surface area contributed by atoms with E-state index >= 15 is 4.39 Å². The van der Waals surface area contributed by atoms with Gasteiger partial charge >= 0.3 is 5.69 Å². The van der Waals surface area contributed by atoms with Crippen molar-refractivity contribution in [1.82, 2.24) is 19.4 Å². The molecule has 0 saturated carbocycles. The molecule has 0 aliphatic carbocycles. The molecule has 1 fully saturated rings. The zero-order chi connectivity index (χ0) is 32.8. The SMILES string of the molecule is C=CC(=O)N1CCN(c2nc(=O)n(-c3c(C(C)C)cccc3S(C)(=O)=O)c3nc(-c4cccc(C#N)c4Cl)c(F)cc23)[C@@H](C)C1. The summed E-state index contributed by atoms with van der Waals surface area (Å²) in [4.78, 5) is 38.8. The van der Waals surface area contributed by atoms with Gasteiger partial charge in [-0.3, -0.25) is 4.79 Å². The number of nitrogens with zero attached hydrogens (tertiary/aromatic N) is 6. The summed E-state index contributed by atoms with van der Waals surface area (Å²) >= 11 is 6.49. The van der Waals surface area contributed by atoms with Gasteiger partial charge in [0.1, 0.15) is 23.4 Å². The van der Waals surface area contributed by atoms with Crippen molar-refractivity contribution in [2.24, 2.45) is 0 Å². The van der Waals surface area contributed by atoms with Crippen LogP contribution in [0.4, 0.5) is 10.2 Å². The van der Waals surface area contributed by atoms with Crippen molar-refractivity contribution in [3.05, 3.63) is 87.6 Å². The van der Waals surface area contributed by atoms with Gasteiger partial charge in [-0.25, -0.2) is 27.2 Å². The molecule has 232 valence electrons. The van der Waals surface area contributed by atoms with E-state index in [1.807, 2.05) is 26.8 Å². The number of sulfone groups is 1. The van der Waals surface area contributed by atoms with Crippen molar-refractivity contribution >= 4 is 44.2 Å². The fraction of sp³-hybridized carbons (Fsp3) is 0.281. The summed E-state index contributed by atoms with van der Waals surface area (Å²) in [6, 6.07) is 12.1. The number of rotatable bonds is 6. The normalized spacial score (nSPS) is 15.4. The van der Waals surface area contributed by atoms with Gasteiger partial charge in [-0.15, -0.1) is 0 Å². The topological polar surface area (TPSA) is 129 Å². The minimum atomic E-state index is -3.87. The summed E-state index contributed by atoms with van der Waals surface area (Å²) in [5, 5.41) is 9.66. The molecule has 4 aromatic rings. The Labute approximate surface area is 264 Å². The summed E-state index contributed by atoms with van der Waals surface area (Å²) in [6.07, 6.45) is 2.28. The lowest BCUT2D eigenvalue weighted by Gasteiger charge is -2.40. The molecule has 0 bridgehead atoms. The molecule has 5 rings (SSSR count). The number of halogens is 2. The number of anilines is 1. The minimum Gasteiger partial charge on any atom is -0.350 e. The number of carbonyl (C=O) groups is 1. The van der Waals surface area contributed by atoms with Crippen LogP contribution in [0.2, 0.25) is 5.02 Å². The number of hydrogen-bond donors (Lipinski definition) is 0. The summed E-state index contributed by atoms with van der Waals surface area (Å²) in [7, 11) is -3.87. The Morgan fingerprint density at radius 3 is 2.53 bits per heavy atom. The Hall–Kier alpha value is -4.60. The Balaban J connectivity index is 1.90. The molecule has 1 aliphatic rings. The number of piperazine rings is 1. The lowest BCUT2D eigenvalue weighted by Crippen LogP contribution is -2.54. The van der Waals surface area contributed by atoms with Gasteiger partial charge in [-0.05, 0) is 42.7 Å². The molecule has 0 radical (unpaired) electrons. The highest BCUT2D eigenvalue weighted by Gasteiger charge is 2.31. The second-order valence-corrected chi connectivity index (χ2v) is 13.5. The van der Waals surface area contributed by atoms with Crippen LogP contribution in [0.3, 0.4) is 0 Å². The van der Waals surface area contributed by atoms with Crippen molar-refractivity contribution in [3.63, 3.8) is 0 Å². The number of fused-ring (bicyclic) bond motifs is 1. The maximum absolute atomic E-state index is 16.1. The van der Waals surface area contributed by atoms with Crippen molar-refractivity contribution in [2.45, 2.75) is 37.6 Å². The van der Waals surface area contributed by atoms with Gasteiger partial charge in [0.05, 0.1) is 26.6 Å². The molecule has 10 nitrogen and oxygen atoms in total. The molecular formula is C32H30ClFN6O4S. The molecule has 1 amide bonds. The molecule has 0 N–H and O–H groups in total. The van der Waals surface area contributed by atoms with Crippen LogP contribution in [0.25, 0.3) is 28.0 Å². The lowest BCUT2D eigenvalue weighted by molar-refractivity contribution is -0.126. The molecule has 0 unspecified atom stereocenters. The Morgan fingerprint density at radius 1 is 1.20 bits per heavy atom. The molecule has 45 heavy (non-hydrogen) atoms. The first kappa shape index (κ1) is 31.8. The summed E-state index contributed by atoms with van der Waals surface area (Å²) in [5.41, 5.74) is -0.263. The second kappa shape index (κ2) is 12.1. The number of hydrogen-bond acceptors (Lipinski definition) is 8. The van der Waals surface area contributed by atoms with E-state index in [1.165, 1.54) is 36.4 Å².